The van der Waals surface area contributed by atoms with Crippen LogP contribution in [-0.2, 0) is 18.3 Å². The molecule has 0 amide bonds. The summed E-state index contributed by atoms with van der Waals surface area (Å²) in [5.74, 6) is 1.16. The van der Waals surface area contributed by atoms with E-state index in [1.54, 1.807) is 0 Å². The first kappa shape index (κ1) is 14.0. The Morgan fingerprint density at radius 2 is 2.00 bits per heavy atom. The summed E-state index contributed by atoms with van der Waals surface area (Å²) in [4.78, 5) is 9.47. The summed E-state index contributed by atoms with van der Waals surface area (Å²) in [5, 5.41) is 0. The van der Waals surface area contributed by atoms with Crippen LogP contribution in [0.25, 0.3) is 0 Å². The lowest BCUT2D eigenvalue weighted by atomic mass is 10.1. The second kappa shape index (κ2) is 6.70. The van der Waals surface area contributed by atoms with Gasteiger partial charge in [0.1, 0.15) is 5.82 Å². The van der Waals surface area contributed by atoms with Crippen LogP contribution in [0.5, 0.6) is 0 Å². The minimum absolute atomic E-state index is 0.477. The molecular formula is C15H26N4O. The van der Waals surface area contributed by atoms with E-state index >= 15 is 0 Å². The van der Waals surface area contributed by atoms with E-state index in [1.165, 1.54) is 19.3 Å². The van der Waals surface area contributed by atoms with Crippen LogP contribution in [0.2, 0.25) is 0 Å². The first-order chi connectivity index (χ1) is 9.81. The maximum atomic E-state index is 5.84. The van der Waals surface area contributed by atoms with E-state index in [-0.39, 0.29) is 0 Å². The highest BCUT2D eigenvalue weighted by atomic mass is 16.5. The lowest BCUT2D eigenvalue weighted by molar-refractivity contribution is -0.0147. The molecule has 1 aromatic heterocycles. The van der Waals surface area contributed by atoms with Gasteiger partial charge in [-0.3, -0.25) is 9.80 Å². The lowest BCUT2D eigenvalue weighted by Crippen LogP contribution is -2.49. The predicted octanol–water partition coefficient (Wildman–Crippen LogP) is 1.11. The Balaban J connectivity index is 1.41. The second-order valence-electron chi connectivity index (χ2n) is 6.02. The Hall–Kier alpha value is -0.910. The van der Waals surface area contributed by atoms with E-state index in [2.05, 4.69) is 26.4 Å². The fourth-order valence-corrected chi connectivity index (χ4v) is 3.12. The molecule has 0 spiro atoms. The smallest absolute Gasteiger partial charge is 0.122 e. The Labute approximate surface area is 121 Å². The van der Waals surface area contributed by atoms with Crippen LogP contribution in [0.15, 0.2) is 12.4 Å². The third-order valence-electron chi connectivity index (χ3n) is 4.49. The number of nitrogens with zero attached hydrogens (tertiary/aromatic N) is 4. The molecule has 3 heterocycles. The number of hydrogen-bond donors (Lipinski definition) is 0. The highest BCUT2D eigenvalue weighted by Crippen LogP contribution is 2.15. The normalized spacial score (nSPS) is 25.9. The van der Waals surface area contributed by atoms with Crippen molar-refractivity contribution in [1.82, 2.24) is 19.4 Å². The molecule has 2 fully saturated rings. The summed E-state index contributed by atoms with van der Waals surface area (Å²) in [7, 11) is 2.07. The topological polar surface area (TPSA) is 33.5 Å². The molecule has 0 bridgehead atoms. The number of aromatic nitrogens is 2. The van der Waals surface area contributed by atoms with Crippen molar-refractivity contribution in [3.63, 3.8) is 0 Å². The van der Waals surface area contributed by atoms with Gasteiger partial charge in [-0.15, -0.1) is 0 Å². The zero-order chi connectivity index (χ0) is 13.8. The van der Waals surface area contributed by atoms with Crippen LogP contribution in [0.4, 0.5) is 0 Å². The predicted molar refractivity (Wildman–Crippen MR) is 78.5 cm³/mol. The number of aryl methyl sites for hydroxylation is 1. The zero-order valence-corrected chi connectivity index (χ0v) is 12.5. The van der Waals surface area contributed by atoms with Gasteiger partial charge in [-0.05, 0) is 19.3 Å². The van der Waals surface area contributed by atoms with Gasteiger partial charge in [0.05, 0.1) is 12.6 Å². The van der Waals surface area contributed by atoms with Gasteiger partial charge in [0.15, 0.2) is 0 Å². The fraction of sp³-hybridized carbons (Fsp3) is 0.800. The number of piperazine rings is 1. The minimum atomic E-state index is 0.477. The van der Waals surface area contributed by atoms with E-state index < -0.39 is 0 Å². The van der Waals surface area contributed by atoms with Crippen molar-refractivity contribution < 1.29 is 4.74 Å². The third kappa shape index (κ3) is 3.59. The first-order valence-electron chi connectivity index (χ1n) is 7.84. The van der Waals surface area contributed by atoms with Crippen molar-refractivity contribution in [3.8, 4) is 0 Å². The Morgan fingerprint density at radius 3 is 2.65 bits per heavy atom. The lowest BCUT2D eigenvalue weighted by Gasteiger charge is -2.37. The summed E-state index contributed by atoms with van der Waals surface area (Å²) in [6.45, 7) is 7.64. The maximum absolute atomic E-state index is 5.84. The standard InChI is InChI=1S/C15H26N4O/c1-17-6-5-16-15(17)13-19-9-7-18(8-10-19)12-14-4-2-3-11-20-14/h5-6,14H,2-4,7-13H2,1H3. The molecule has 2 saturated heterocycles. The van der Waals surface area contributed by atoms with Gasteiger partial charge in [-0.2, -0.15) is 0 Å². The Morgan fingerprint density at radius 1 is 1.20 bits per heavy atom. The summed E-state index contributed by atoms with van der Waals surface area (Å²) in [5.41, 5.74) is 0. The molecule has 0 saturated carbocycles. The molecule has 1 unspecified atom stereocenters. The molecule has 5 heteroatoms. The summed E-state index contributed by atoms with van der Waals surface area (Å²) in [6.07, 6.45) is 8.20. The maximum Gasteiger partial charge on any atom is 0.122 e. The van der Waals surface area contributed by atoms with E-state index in [4.69, 9.17) is 4.74 Å². The summed E-state index contributed by atoms with van der Waals surface area (Å²) < 4.78 is 7.95. The number of imidazole rings is 1. The van der Waals surface area contributed by atoms with Crippen LogP contribution in [0, 0.1) is 0 Å². The molecule has 1 atom stereocenters. The Bertz CT molecular complexity index is 406. The van der Waals surface area contributed by atoms with Gasteiger partial charge in [-0.1, -0.05) is 0 Å². The molecular weight excluding hydrogens is 252 g/mol. The number of hydrogen-bond acceptors (Lipinski definition) is 4. The zero-order valence-electron chi connectivity index (χ0n) is 12.5. The van der Waals surface area contributed by atoms with Gasteiger partial charge < -0.3 is 9.30 Å². The molecule has 0 aromatic carbocycles. The number of ether oxygens (including phenoxy) is 1. The average Bonchev–Trinajstić information content (AvgIpc) is 2.88. The minimum Gasteiger partial charge on any atom is -0.377 e. The highest BCUT2D eigenvalue weighted by molar-refractivity contribution is 4.91. The van der Waals surface area contributed by atoms with Crippen LogP contribution in [0.1, 0.15) is 25.1 Å². The molecule has 3 rings (SSSR count). The van der Waals surface area contributed by atoms with E-state index in [1.807, 2.05) is 12.4 Å². The number of rotatable bonds is 4. The van der Waals surface area contributed by atoms with Crippen LogP contribution >= 0.6 is 0 Å². The molecule has 0 radical (unpaired) electrons. The van der Waals surface area contributed by atoms with Crippen molar-refractivity contribution in [2.75, 3.05) is 39.3 Å². The molecule has 5 nitrogen and oxygen atoms in total. The molecule has 112 valence electrons. The SMILES string of the molecule is Cn1ccnc1CN1CCN(CC2CCCCO2)CC1. The molecule has 0 aliphatic carbocycles. The van der Waals surface area contributed by atoms with Crippen molar-refractivity contribution in [2.24, 2.45) is 7.05 Å². The molecule has 1 aromatic rings. The van der Waals surface area contributed by atoms with E-state index in [9.17, 15) is 0 Å². The Kier molecular flexibility index (Phi) is 4.70. The van der Waals surface area contributed by atoms with Crippen LogP contribution in [-0.4, -0.2) is 64.8 Å². The largest absolute Gasteiger partial charge is 0.377 e. The van der Waals surface area contributed by atoms with E-state index in [0.717, 1.165) is 51.7 Å². The summed E-state index contributed by atoms with van der Waals surface area (Å²) in [6, 6.07) is 0. The van der Waals surface area contributed by atoms with Crippen LogP contribution in [0.3, 0.4) is 0 Å². The quantitative estimate of drug-likeness (QED) is 0.826. The van der Waals surface area contributed by atoms with Gasteiger partial charge in [0.2, 0.25) is 0 Å². The van der Waals surface area contributed by atoms with Gasteiger partial charge in [-0.25, -0.2) is 4.98 Å². The van der Waals surface area contributed by atoms with Gasteiger partial charge >= 0.3 is 0 Å². The van der Waals surface area contributed by atoms with Crippen LogP contribution < -0.4 is 0 Å². The summed E-state index contributed by atoms with van der Waals surface area (Å²) >= 11 is 0. The van der Waals surface area contributed by atoms with Gasteiger partial charge in [0.25, 0.3) is 0 Å². The highest BCUT2D eigenvalue weighted by Gasteiger charge is 2.22. The molecule has 0 N–H and O–H groups in total. The average molecular weight is 278 g/mol. The fourth-order valence-electron chi connectivity index (χ4n) is 3.12. The third-order valence-corrected chi connectivity index (χ3v) is 4.49. The first-order valence-corrected chi connectivity index (χ1v) is 7.84. The molecule has 2 aliphatic heterocycles. The monoisotopic (exact) mass is 278 g/mol. The second-order valence-corrected chi connectivity index (χ2v) is 6.02. The van der Waals surface area contributed by atoms with Gasteiger partial charge in [0, 0.05) is 58.8 Å². The van der Waals surface area contributed by atoms with Crippen molar-refractivity contribution in [1.29, 1.82) is 0 Å². The van der Waals surface area contributed by atoms with Crippen molar-refractivity contribution >= 4 is 0 Å². The van der Waals surface area contributed by atoms with E-state index in [0.29, 0.717) is 6.10 Å². The molecule has 20 heavy (non-hydrogen) atoms. The molecule has 2 aliphatic rings. The van der Waals surface area contributed by atoms with Crippen molar-refractivity contribution in [2.45, 2.75) is 31.9 Å². The van der Waals surface area contributed by atoms with Crippen molar-refractivity contribution in [3.05, 3.63) is 18.2 Å².